The zero-order chi connectivity index (χ0) is 27.6. The molecule has 10 nitrogen and oxygen atoms in total. The molecule has 3 aromatic rings. The number of methoxy groups -OCH3 is 1. The minimum atomic E-state index is -0.676. The van der Waals surface area contributed by atoms with Crippen LogP contribution in [0.3, 0.4) is 0 Å². The summed E-state index contributed by atoms with van der Waals surface area (Å²) in [5.74, 6) is -0.0184. The lowest BCUT2D eigenvalue weighted by Gasteiger charge is -2.39. The normalized spacial score (nSPS) is 14.8. The summed E-state index contributed by atoms with van der Waals surface area (Å²) in [7, 11) is 3.55. The number of pyridine rings is 1. The molecule has 1 saturated carbocycles. The number of fused-ring (bicyclic) bond motifs is 3. The van der Waals surface area contributed by atoms with E-state index in [4.69, 9.17) is 9.47 Å². The van der Waals surface area contributed by atoms with Crippen LogP contribution in [0.25, 0.3) is 21.8 Å². The van der Waals surface area contributed by atoms with Gasteiger partial charge in [0.05, 0.1) is 29.7 Å². The molecular weight excluding hydrogens is 486 g/mol. The van der Waals surface area contributed by atoms with Crippen molar-refractivity contribution in [1.29, 1.82) is 0 Å². The number of nitrogens with zero attached hydrogens (tertiary/aromatic N) is 5. The van der Waals surface area contributed by atoms with Crippen molar-refractivity contribution in [2.24, 2.45) is 0 Å². The number of amides is 1. The van der Waals surface area contributed by atoms with Crippen LogP contribution in [0.15, 0.2) is 29.2 Å². The summed E-state index contributed by atoms with van der Waals surface area (Å²) in [6.45, 7) is 7.60. The Morgan fingerprint density at radius 3 is 2.45 bits per heavy atom. The van der Waals surface area contributed by atoms with Gasteiger partial charge in [-0.1, -0.05) is 19.3 Å². The predicted molar refractivity (Wildman–Crippen MR) is 146 cm³/mol. The Balaban J connectivity index is 1.74. The number of esters is 1. The lowest BCUT2D eigenvalue weighted by Crippen LogP contribution is -2.50. The Kier molecular flexibility index (Phi) is 8.10. The summed E-state index contributed by atoms with van der Waals surface area (Å²) in [5, 5.41) is 9.28. The highest BCUT2D eigenvalue weighted by molar-refractivity contribution is 6.04. The van der Waals surface area contributed by atoms with Gasteiger partial charge in [0.15, 0.2) is 0 Å². The van der Waals surface area contributed by atoms with E-state index >= 15 is 0 Å². The lowest BCUT2D eigenvalue weighted by molar-refractivity contribution is -0.155. The minimum absolute atomic E-state index is 0.0176. The molecule has 0 unspecified atom stereocenters. The number of rotatable bonds is 8. The molecule has 4 rings (SSSR count). The van der Waals surface area contributed by atoms with Crippen molar-refractivity contribution in [3.63, 3.8) is 0 Å². The Morgan fingerprint density at radius 1 is 1.11 bits per heavy atom. The summed E-state index contributed by atoms with van der Waals surface area (Å²) in [6.07, 6.45) is 7.21. The second kappa shape index (κ2) is 11.1. The summed E-state index contributed by atoms with van der Waals surface area (Å²) < 4.78 is 13.9. The van der Waals surface area contributed by atoms with Crippen LogP contribution in [0, 0.1) is 0 Å². The number of ether oxygens (including phenoxy) is 2. The number of carbonyl (C=O) groups is 2. The zero-order valence-corrected chi connectivity index (χ0v) is 23.3. The Morgan fingerprint density at radius 2 is 1.82 bits per heavy atom. The van der Waals surface area contributed by atoms with Crippen molar-refractivity contribution in [1.82, 2.24) is 24.4 Å². The number of hydrogen-bond donors (Lipinski definition) is 0. The summed E-state index contributed by atoms with van der Waals surface area (Å²) in [4.78, 5) is 39.7. The maximum atomic E-state index is 13.6. The van der Waals surface area contributed by atoms with Gasteiger partial charge in [0.1, 0.15) is 24.4 Å². The molecule has 0 saturated heterocycles. The number of carbonyl (C=O) groups excluding carboxylic acids is 2. The van der Waals surface area contributed by atoms with Gasteiger partial charge in [-0.3, -0.25) is 28.6 Å². The second-order valence-corrected chi connectivity index (χ2v) is 10.9. The molecule has 2 aromatic heterocycles. The summed E-state index contributed by atoms with van der Waals surface area (Å²) in [6, 6.07) is 5.63. The molecule has 1 amide bonds. The topological polar surface area (TPSA) is 98.9 Å². The van der Waals surface area contributed by atoms with Crippen LogP contribution in [0.4, 0.5) is 0 Å². The van der Waals surface area contributed by atoms with E-state index in [0.29, 0.717) is 40.1 Å². The van der Waals surface area contributed by atoms with Crippen molar-refractivity contribution in [2.75, 3.05) is 20.7 Å². The molecule has 1 aliphatic carbocycles. The van der Waals surface area contributed by atoms with Crippen LogP contribution in [0.2, 0.25) is 0 Å². The van der Waals surface area contributed by atoms with E-state index in [9.17, 15) is 14.4 Å². The molecule has 1 aromatic carbocycles. The van der Waals surface area contributed by atoms with E-state index in [2.05, 4.69) is 10.1 Å². The maximum Gasteiger partial charge on any atom is 0.326 e. The third-order valence-electron chi connectivity index (χ3n) is 7.13. The highest BCUT2D eigenvalue weighted by atomic mass is 16.6. The first-order valence-corrected chi connectivity index (χ1v) is 13.3. The average molecular weight is 526 g/mol. The van der Waals surface area contributed by atoms with Crippen LogP contribution in [0.1, 0.15) is 59.8 Å². The largest absolute Gasteiger partial charge is 0.497 e. The molecule has 0 aliphatic heterocycles. The molecular formula is C28H39N5O5. The first kappa shape index (κ1) is 27.6. The number of aromatic nitrogens is 3. The van der Waals surface area contributed by atoms with E-state index in [1.54, 1.807) is 55.8 Å². The van der Waals surface area contributed by atoms with Gasteiger partial charge >= 0.3 is 5.97 Å². The van der Waals surface area contributed by atoms with Gasteiger partial charge in [0.25, 0.3) is 11.5 Å². The third-order valence-corrected chi connectivity index (χ3v) is 7.13. The standard InChI is InChI=1S/C28H39N5O5/c1-7-33(30(5)19-11-9-8-10-12-19)24(34)17-32-26-21-15-20(37-6)13-14-23(21)31(27(36)22(26)16-29-32)18-25(35)38-28(2,3)4/h13-16,19H,7-12,17-18H2,1-6H3. The van der Waals surface area contributed by atoms with Gasteiger partial charge in [-0.25, -0.2) is 5.01 Å². The van der Waals surface area contributed by atoms with Gasteiger partial charge in [-0.2, -0.15) is 5.10 Å². The molecule has 0 atom stereocenters. The first-order valence-electron chi connectivity index (χ1n) is 13.3. The Labute approximate surface area is 223 Å². The van der Waals surface area contributed by atoms with E-state index in [1.165, 1.54) is 30.0 Å². The molecule has 10 heteroatoms. The van der Waals surface area contributed by atoms with Crippen LogP contribution in [-0.2, 0) is 27.4 Å². The Hall–Kier alpha value is -3.40. The van der Waals surface area contributed by atoms with Crippen molar-refractivity contribution in [3.05, 3.63) is 34.7 Å². The fraction of sp³-hybridized carbons (Fsp3) is 0.571. The fourth-order valence-corrected chi connectivity index (χ4v) is 5.36. The highest BCUT2D eigenvalue weighted by Gasteiger charge is 2.27. The van der Waals surface area contributed by atoms with Crippen molar-refractivity contribution >= 4 is 33.7 Å². The van der Waals surface area contributed by atoms with Crippen molar-refractivity contribution < 1.29 is 19.1 Å². The van der Waals surface area contributed by atoms with Gasteiger partial charge in [-0.05, 0) is 58.7 Å². The molecule has 0 spiro atoms. The Bertz CT molecular complexity index is 1380. The lowest BCUT2D eigenvalue weighted by atomic mass is 9.95. The van der Waals surface area contributed by atoms with Gasteiger partial charge in [0, 0.05) is 25.0 Å². The van der Waals surface area contributed by atoms with Gasteiger partial charge in [-0.15, -0.1) is 0 Å². The molecule has 206 valence electrons. The zero-order valence-electron chi connectivity index (χ0n) is 23.3. The average Bonchev–Trinajstić information content (AvgIpc) is 3.29. The SMILES string of the molecule is CCN(C(=O)Cn1ncc2c(=O)n(CC(=O)OC(C)(C)C)c3ccc(OC)cc3c21)N(C)C1CCCCC1. The molecule has 0 radical (unpaired) electrons. The highest BCUT2D eigenvalue weighted by Crippen LogP contribution is 2.28. The van der Waals surface area contributed by atoms with Gasteiger partial charge in [0.2, 0.25) is 0 Å². The molecule has 38 heavy (non-hydrogen) atoms. The quantitative estimate of drug-likeness (QED) is 0.326. The van der Waals surface area contributed by atoms with E-state index in [-0.39, 0.29) is 24.6 Å². The second-order valence-electron chi connectivity index (χ2n) is 10.9. The summed E-state index contributed by atoms with van der Waals surface area (Å²) >= 11 is 0. The third kappa shape index (κ3) is 5.70. The molecule has 0 N–H and O–H groups in total. The van der Waals surface area contributed by atoms with Gasteiger partial charge < -0.3 is 9.47 Å². The van der Waals surface area contributed by atoms with Crippen LogP contribution < -0.4 is 10.3 Å². The van der Waals surface area contributed by atoms with E-state index < -0.39 is 11.6 Å². The summed E-state index contributed by atoms with van der Waals surface area (Å²) in [5.41, 5.74) is 0.0309. The van der Waals surface area contributed by atoms with Crippen molar-refractivity contribution in [3.8, 4) is 5.75 Å². The molecule has 0 bridgehead atoms. The van der Waals surface area contributed by atoms with Crippen LogP contribution in [0.5, 0.6) is 5.75 Å². The monoisotopic (exact) mass is 525 g/mol. The first-order chi connectivity index (χ1) is 18.0. The van der Waals surface area contributed by atoms with Crippen LogP contribution in [-0.4, -0.2) is 68.6 Å². The molecule has 1 aliphatic rings. The molecule has 1 fully saturated rings. The molecule has 2 heterocycles. The number of hydrazine groups is 1. The maximum absolute atomic E-state index is 13.6. The smallest absolute Gasteiger partial charge is 0.326 e. The minimum Gasteiger partial charge on any atom is -0.497 e. The van der Waals surface area contributed by atoms with E-state index in [0.717, 1.165) is 12.8 Å². The number of hydrogen-bond acceptors (Lipinski definition) is 7. The van der Waals surface area contributed by atoms with Crippen LogP contribution >= 0.6 is 0 Å². The van der Waals surface area contributed by atoms with E-state index in [1.807, 2.05) is 14.0 Å². The van der Waals surface area contributed by atoms with Crippen molar-refractivity contribution in [2.45, 2.75) is 84.5 Å². The predicted octanol–water partition coefficient (Wildman–Crippen LogP) is 3.73. The fourth-order valence-electron chi connectivity index (χ4n) is 5.36. The number of likely N-dealkylation sites (N-methyl/N-ethyl adjacent to an activating group) is 1. The number of benzene rings is 1.